The zero-order valence-corrected chi connectivity index (χ0v) is 15.3. The topological polar surface area (TPSA) is 55.6 Å². The van der Waals surface area contributed by atoms with Gasteiger partial charge in [0.1, 0.15) is 21.7 Å². The quantitative estimate of drug-likeness (QED) is 0.638. The average Bonchev–Trinajstić information content (AvgIpc) is 2.81. The molecule has 0 unspecified atom stereocenters. The maximum Gasteiger partial charge on any atom is 0.160 e. The zero-order chi connectivity index (χ0) is 16.4. The van der Waals surface area contributed by atoms with Crippen LogP contribution in [0.25, 0.3) is 5.82 Å². The first-order chi connectivity index (χ1) is 11.1. The van der Waals surface area contributed by atoms with E-state index in [1.807, 2.05) is 11.5 Å². The van der Waals surface area contributed by atoms with Crippen molar-refractivity contribution in [2.75, 3.05) is 5.32 Å². The highest BCUT2D eigenvalue weighted by Crippen LogP contribution is 2.27. The minimum absolute atomic E-state index is 0.474. The molecule has 0 aliphatic carbocycles. The molecule has 1 aromatic carbocycles. The van der Waals surface area contributed by atoms with Crippen molar-refractivity contribution in [3.63, 3.8) is 0 Å². The van der Waals surface area contributed by atoms with Gasteiger partial charge in [0.05, 0.1) is 12.4 Å². The largest absolute Gasteiger partial charge is 0.339 e. The first kappa shape index (κ1) is 16.1. The van der Waals surface area contributed by atoms with Crippen LogP contribution < -0.4 is 5.32 Å². The van der Waals surface area contributed by atoms with Gasteiger partial charge in [0.15, 0.2) is 11.6 Å². The van der Waals surface area contributed by atoms with E-state index in [1.54, 1.807) is 36.7 Å². The van der Waals surface area contributed by atoms with E-state index in [-0.39, 0.29) is 0 Å². The van der Waals surface area contributed by atoms with Crippen LogP contribution in [0.1, 0.15) is 11.4 Å². The molecule has 2 heterocycles. The van der Waals surface area contributed by atoms with Crippen molar-refractivity contribution in [1.29, 1.82) is 0 Å². The molecule has 0 atom stereocenters. The summed E-state index contributed by atoms with van der Waals surface area (Å²) in [6.07, 6.45) is 3.28. The van der Waals surface area contributed by atoms with Crippen LogP contribution in [0.15, 0.2) is 45.9 Å². The van der Waals surface area contributed by atoms with Crippen molar-refractivity contribution in [1.82, 2.24) is 19.5 Å². The summed E-state index contributed by atoms with van der Waals surface area (Å²) in [5.41, 5.74) is 1.45. The van der Waals surface area contributed by atoms with Crippen LogP contribution in [0, 0.1) is 6.92 Å². The molecule has 5 nitrogen and oxygen atoms in total. The van der Waals surface area contributed by atoms with E-state index in [0.29, 0.717) is 21.8 Å². The Morgan fingerprint density at radius 2 is 1.87 bits per heavy atom. The van der Waals surface area contributed by atoms with E-state index in [0.717, 1.165) is 16.1 Å². The van der Waals surface area contributed by atoms with Gasteiger partial charge in [0.25, 0.3) is 0 Å². The maximum atomic E-state index is 12.5. The van der Waals surface area contributed by atoms with E-state index in [1.165, 1.54) is 0 Å². The van der Waals surface area contributed by atoms with Gasteiger partial charge in [-0.15, -0.1) is 0 Å². The molecule has 2 aromatic heterocycles. The van der Waals surface area contributed by atoms with Crippen LogP contribution in [0.5, 0.6) is 0 Å². The molecule has 118 valence electrons. The molecule has 0 spiro atoms. The fraction of sp³-hybridized carbons (Fsp3) is 0.133. The monoisotopic (exact) mass is 439 g/mol. The number of aromatic nitrogens is 4. The number of alkyl halides is 1. The molecule has 0 radical (unpaired) electrons. The second-order valence-corrected chi connectivity index (χ2v) is 6.30. The van der Waals surface area contributed by atoms with E-state index in [2.05, 4.69) is 52.1 Å². The van der Waals surface area contributed by atoms with Gasteiger partial charge in [0.2, 0.25) is 0 Å². The minimum Gasteiger partial charge on any atom is -0.339 e. The Kier molecular flexibility index (Phi) is 4.72. The summed E-state index contributed by atoms with van der Waals surface area (Å²) in [5, 5.41) is 3.15. The number of imidazole rings is 1. The Hall–Kier alpha value is -1.80. The van der Waals surface area contributed by atoms with Crippen molar-refractivity contribution in [2.45, 2.75) is 13.6 Å². The standard InChI is InChI=1S/C15H12Br2FN5/c1-9-20-14(16)15(17)23(9)13-8-19-7-12(22-13)21-11-4-2-10(6-18)3-5-11/h2-5,7-8H,6H2,1H3,(H,21,22). The Balaban J connectivity index is 1.90. The summed E-state index contributed by atoms with van der Waals surface area (Å²) in [6.45, 7) is 1.41. The molecule has 0 saturated heterocycles. The average molecular weight is 441 g/mol. The van der Waals surface area contributed by atoms with Crippen molar-refractivity contribution in [3.05, 3.63) is 57.3 Å². The smallest absolute Gasteiger partial charge is 0.160 e. The molecule has 0 bridgehead atoms. The van der Waals surface area contributed by atoms with E-state index in [9.17, 15) is 4.39 Å². The Labute approximate surface area is 149 Å². The normalized spacial score (nSPS) is 10.8. The molecule has 0 fully saturated rings. The zero-order valence-electron chi connectivity index (χ0n) is 12.1. The van der Waals surface area contributed by atoms with Gasteiger partial charge in [-0.05, 0) is 56.5 Å². The fourth-order valence-electron chi connectivity index (χ4n) is 2.09. The van der Waals surface area contributed by atoms with Crippen LogP contribution >= 0.6 is 31.9 Å². The molecule has 23 heavy (non-hydrogen) atoms. The summed E-state index contributed by atoms with van der Waals surface area (Å²) in [4.78, 5) is 13.1. The number of hydrogen-bond donors (Lipinski definition) is 1. The van der Waals surface area contributed by atoms with Crippen LogP contribution in [-0.4, -0.2) is 19.5 Å². The molecule has 0 amide bonds. The molecule has 3 aromatic rings. The van der Waals surface area contributed by atoms with Gasteiger partial charge < -0.3 is 5.32 Å². The number of nitrogens with one attached hydrogen (secondary N) is 1. The summed E-state index contributed by atoms with van der Waals surface area (Å²) in [7, 11) is 0. The van der Waals surface area contributed by atoms with Gasteiger partial charge in [-0.1, -0.05) is 12.1 Å². The summed E-state index contributed by atoms with van der Waals surface area (Å²) in [6, 6.07) is 7.07. The number of halogens is 3. The number of hydrogen-bond acceptors (Lipinski definition) is 4. The first-order valence-electron chi connectivity index (χ1n) is 6.73. The number of rotatable bonds is 4. The second-order valence-electron chi connectivity index (χ2n) is 4.79. The molecule has 0 saturated carbocycles. The van der Waals surface area contributed by atoms with Gasteiger partial charge in [0, 0.05) is 5.69 Å². The highest BCUT2D eigenvalue weighted by atomic mass is 79.9. The van der Waals surface area contributed by atoms with E-state index >= 15 is 0 Å². The molecule has 3 rings (SSSR count). The lowest BCUT2D eigenvalue weighted by molar-refractivity contribution is 0.485. The number of aryl methyl sites for hydroxylation is 1. The lowest BCUT2D eigenvalue weighted by atomic mass is 10.2. The Morgan fingerprint density at radius 3 is 2.48 bits per heavy atom. The van der Waals surface area contributed by atoms with Gasteiger partial charge >= 0.3 is 0 Å². The maximum absolute atomic E-state index is 12.5. The predicted molar refractivity (Wildman–Crippen MR) is 93.8 cm³/mol. The highest BCUT2D eigenvalue weighted by molar-refractivity contribution is 9.13. The summed E-state index contributed by atoms with van der Waals surface area (Å²) < 4.78 is 15.9. The van der Waals surface area contributed by atoms with Crippen LogP contribution in [0.4, 0.5) is 15.9 Å². The SMILES string of the molecule is Cc1nc(Br)c(Br)n1-c1cncc(Nc2ccc(CF)cc2)n1. The van der Waals surface area contributed by atoms with Crippen molar-refractivity contribution in [3.8, 4) is 5.82 Å². The van der Waals surface area contributed by atoms with E-state index in [4.69, 9.17) is 0 Å². The van der Waals surface area contributed by atoms with Crippen LogP contribution in [0.2, 0.25) is 0 Å². The molecule has 1 N–H and O–H groups in total. The summed E-state index contributed by atoms with van der Waals surface area (Å²) >= 11 is 6.85. The highest BCUT2D eigenvalue weighted by Gasteiger charge is 2.13. The molecule has 8 heteroatoms. The Bertz CT molecular complexity index is 832. The van der Waals surface area contributed by atoms with Crippen LogP contribution in [0.3, 0.4) is 0 Å². The molecule has 0 aliphatic rings. The molecular weight excluding hydrogens is 429 g/mol. The molecular formula is C15H12Br2FN5. The van der Waals surface area contributed by atoms with E-state index < -0.39 is 6.67 Å². The third-order valence-corrected chi connectivity index (χ3v) is 5.00. The number of nitrogens with zero attached hydrogens (tertiary/aromatic N) is 4. The van der Waals surface area contributed by atoms with Crippen molar-refractivity contribution in [2.24, 2.45) is 0 Å². The minimum atomic E-state index is -0.474. The lowest BCUT2D eigenvalue weighted by Crippen LogP contribution is -2.04. The van der Waals surface area contributed by atoms with Gasteiger partial charge in [-0.2, -0.15) is 0 Å². The number of benzene rings is 1. The molecule has 0 aliphatic heterocycles. The number of anilines is 2. The van der Waals surface area contributed by atoms with Gasteiger partial charge in [-0.25, -0.2) is 14.4 Å². The predicted octanol–water partition coefficient (Wildman–Crippen LogP) is 4.71. The second kappa shape index (κ2) is 6.76. The fourth-order valence-corrected chi connectivity index (χ4v) is 3.05. The first-order valence-corrected chi connectivity index (χ1v) is 8.32. The third-order valence-electron chi connectivity index (χ3n) is 3.18. The van der Waals surface area contributed by atoms with Crippen molar-refractivity contribution < 1.29 is 4.39 Å². The summed E-state index contributed by atoms with van der Waals surface area (Å²) in [5.74, 6) is 2.01. The Morgan fingerprint density at radius 1 is 1.13 bits per heavy atom. The van der Waals surface area contributed by atoms with Crippen LogP contribution in [-0.2, 0) is 6.67 Å². The van der Waals surface area contributed by atoms with Gasteiger partial charge in [-0.3, -0.25) is 9.55 Å². The third kappa shape index (κ3) is 3.42. The lowest BCUT2D eigenvalue weighted by Gasteiger charge is -2.09. The van der Waals surface area contributed by atoms with Crippen molar-refractivity contribution >= 4 is 43.4 Å².